The van der Waals surface area contributed by atoms with Crippen LogP contribution >= 0.6 is 11.6 Å². The van der Waals surface area contributed by atoms with Crippen LogP contribution in [0.15, 0.2) is 18.2 Å². The van der Waals surface area contributed by atoms with E-state index >= 15 is 0 Å². The van der Waals surface area contributed by atoms with Crippen LogP contribution in [0.1, 0.15) is 27.2 Å². The van der Waals surface area contributed by atoms with Gasteiger partial charge in [0.25, 0.3) is 5.69 Å². The third-order valence-corrected chi connectivity index (χ3v) is 3.34. The highest BCUT2D eigenvalue weighted by Crippen LogP contribution is 2.28. The molecule has 1 aromatic carbocycles. The number of nitrogens with one attached hydrogen (secondary N) is 1. The molecule has 94 valence electrons. The predicted molar refractivity (Wildman–Crippen MR) is 70.6 cm³/mol. The molecule has 0 heterocycles. The van der Waals surface area contributed by atoms with E-state index < -0.39 is 4.92 Å². The van der Waals surface area contributed by atoms with E-state index in [-0.39, 0.29) is 10.7 Å². The Morgan fingerprint density at radius 1 is 1.47 bits per heavy atom. The van der Waals surface area contributed by atoms with Crippen LogP contribution in [-0.4, -0.2) is 11.0 Å². The van der Waals surface area contributed by atoms with Crippen molar-refractivity contribution < 1.29 is 4.92 Å². The summed E-state index contributed by atoms with van der Waals surface area (Å²) >= 11 is 5.84. The van der Waals surface area contributed by atoms with Crippen molar-refractivity contribution in [1.82, 2.24) is 0 Å². The molecule has 1 rings (SSSR count). The second-order valence-electron chi connectivity index (χ2n) is 4.24. The number of halogens is 1. The fraction of sp³-hybridized carbons (Fsp3) is 0.500. The van der Waals surface area contributed by atoms with Crippen molar-refractivity contribution in [1.29, 1.82) is 0 Å². The minimum atomic E-state index is -0.482. The lowest BCUT2D eigenvalue weighted by Crippen LogP contribution is -2.23. The van der Waals surface area contributed by atoms with Crippen LogP contribution in [-0.2, 0) is 0 Å². The van der Waals surface area contributed by atoms with E-state index in [0.29, 0.717) is 12.0 Å². The minimum absolute atomic E-state index is 0.0617. The summed E-state index contributed by atoms with van der Waals surface area (Å²) in [5, 5.41) is 14.1. The van der Waals surface area contributed by atoms with Crippen molar-refractivity contribution >= 4 is 23.0 Å². The lowest BCUT2D eigenvalue weighted by molar-refractivity contribution is -0.384. The van der Waals surface area contributed by atoms with E-state index in [1.54, 1.807) is 12.1 Å². The molecule has 0 aliphatic heterocycles. The molecule has 0 saturated carbocycles. The fourth-order valence-corrected chi connectivity index (χ4v) is 1.75. The third kappa shape index (κ3) is 3.60. The number of rotatable bonds is 5. The summed E-state index contributed by atoms with van der Waals surface area (Å²) in [6.45, 7) is 6.37. The predicted octanol–water partition coefficient (Wildman–Crippen LogP) is 4.09. The van der Waals surface area contributed by atoms with Gasteiger partial charge in [0.2, 0.25) is 0 Å². The van der Waals surface area contributed by atoms with Crippen molar-refractivity contribution in [2.24, 2.45) is 5.92 Å². The number of benzene rings is 1. The highest BCUT2D eigenvalue weighted by molar-refractivity contribution is 6.32. The Morgan fingerprint density at radius 3 is 2.59 bits per heavy atom. The quantitative estimate of drug-likeness (QED) is 0.638. The van der Waals surface area contributed by atoms with Crippen LogP contribution in [0.5, 0.6) is 0 Å². The van der Waals surface area contributed by atoms with Crippen LogP contribution in [0.3, 0.4) is 0 Å². The molecule has 0 amide bonds. The molecule has 2 unspecified atom stereocenters. The number of hydrogen-bond donors (Lipinski definition) is 1. The van der Waals surface area contributed by atoms with Crippen LogP contribution in [0.4, 0.5) is 11.4 Å². The first-order valence-electron chi connectivity index (χ1n) is 5.66. The average molecular weight is 257 g/mol. The van der Waals surface area contributed by atoms with Crippen LogP contribution < -0.4 is 5.32 Å². The van der Waals surface area contributed by atoms with Gasteiger partial charge in [-0.05, 0) is 25.0 Å². The molecular formula is C12H17ClN2O2. The smallest absolute Gasteiger partial charge is 0.288 e. The summed E-state index contributed by atoms with van der Waals surface area (Å²) < 4.78 is 0. The summed E-state index contributed by atoms with van der Waals surface area (Å²) in [5.74, 6) is 0.531. The number of nitro groups is 1. The molecule has 0 aromatic heterocycles. The van der Waals surface area contributed by atoms with Gasteiger partial charge in [-0.2, -0.15) is 0 Å². The molecule has 17 heavy (non-hydrogen) atoms. The van der Waals surface area contributed by atoms with E-state index in [4.69, 9.17) is 11.6 Å². The van der Waals surface area contributed by atoms with Crippen LogP contribution in [0.2, 0.25) is 5.02 Å². The van der Waals surface area contributed by atoms with Gasteiger partial charge in [0, 0.05) is 17.8 Å². The van der Waals surface area contributed by atoms with Crippen molar-refractivity contribution in [3.8, 4) is 0 Å². The SMILES string of the molecule is CCC(C)C(C)Nc1ccc([N+](=O)[O-])c(Cl)c1. The fourth-order valence-electron chi connectivity index (χ4n) is 1.50. The summed E-state index contributed by atoms with van der Waals surface area (Å²) in [6, 6.07) is 5.01. The normalized spacial score (nSPS) is 14.1. The zero-order chi connectivity index (χ0) is 13.0. The van der Waals surface area contributed by atoms with Gasteiger partial charge in [-0.25, -0.2) is 0 Å². The maximum absolute atomic E-state index is 10.6. The number of nitrogens with zero attached hydrogens (tertiary/aromatic N) is 1. The lowest BCUT2D eigenvalue weighted by Gasteiger charge is -2.21. The van der Waals surface area contributed by atoms with Crippen LogP contribution in [0.25, 0.3) is 0 Å². The first kappa shape index (κ1) is 13.8. The maximum atomic E-state index is 10.6. The Bertz CT molecular complexity index is 409. The molecule has 0 fully saturated rings. The van der Waals surface area contributed by atoms with Gasteiger partial charge in [-0.15, -0.1) is 0 Å². The zero-order valence-electron chi connectivity index (χ0n) is 10.2. The summed E-state index contributed by atoms with van der Waals surface area (Å²) in [5.41, 5.74) is 0.752. The molecule has 0 aliphatic carbocycles. The van der Waals surface area contributed by atoms with Crippen molar-refractivity contribution in [2.45, 2.75) is 33.2 Å². The third-order valence-electron chi connectivity index (χ3n) is 3.04. The van der Waals surface area contributed by atoms with Crippen molar-refractivity contribution in [2.75, 3.05) is 5.32 Å². The van der Waals surface area contributed by atoms with Gasteiger partial charge in [-0.1, -0.05) is 31.9 Å². The lowest BCUT2D eigenvalue weighted by atomic mass is 10.0. The van der Waals surface area contributed by atoms with E-state index in [2.05, 4.69) is 26.1 Å². The van der Waals surface area contributed by atoms with E-state index in [0.717, 1.165) is 12.1 Å². The highest BCUT2D eigenvalue weighted by Gasteiger charge is 2.14. The van der Waals surface area contributed by atoms with Gasteiger partial charge in [0.1, 0.15) is 5.02 Å². The summed E-state index contributed by atoms with van der Waals surface area (Å²) in [7, 11) is 0. The van der Waals surface area contributed by atoms with E-state index in [1.165, 1.54) is 6.07 Å². The Morgan fingerprint density at radius 2 is 2.12 bits per heavy atom. The largest absolute Gasteiger partial charge is 0.382 e. The Kier molecular flexibility index (Phi) is 4.75. The Balaban J connectivity index is 2.81. The molecular weight excluding hydrogens is 240 g/mol. The molecule has 0 spiro atoms. The van der Waals surface area contributed by atoms with Gasteiger partial charge >= 0.3 is 0 Å². The monoisotopic (exact) mass is 256 g/mol. The van der Waals surface area contributed by atoms with Crippen molar-refractivity contribution in [3.05, 3.63) is 33.3 Å². The summed E-state index contributed by atoms with van der Waals surface area (Å²) in [6.07, 6.45) is 1.08. The minimum Gasteiger partial charge on any atom is -0.382 e. The molecule has 1 N–H and O–H groups in total. The highest BCUT2D eigenvalue weighted by atomic mass is 35.5. The van der Waals surface area contributed by atoms with Gasteiger partial charge in [0.15, 0.2) is 0 Å². The molecule has 0 bridgehead atoms. The van der Waals surface area contributed by atoms with Crippen LogP contribution in [0, 0.1) is 16.0 Å². The molecule has 0 aliphatic rings. The van der Waals surface area contributed by atoms with Gasteiger partial charge in [-0.3, -0.25) is 10.1 Å². The van der Waals surface area contributed by atoms with Gasteiger partial charge in [0.05, 0.1) is 4.92 Å². The van der Waals surface area contributed by atoms with E-state index in [1.807, 2.05) is 0 Å². The molecule has 0 radical (unpaired) electrons. The number of nitro benzene ring substituents is 1. The second-order valence-corrected chi connectivity index (χ2v) is 4.65. The summed E-state index contributed by atoms with van der Waals surface area (Å²) in [4.78, 5) is 10.1. The average Bonchev–Trinajstić information content (AvgIpc) is 2.27. The molecule has 5 heteroatoms. The van der Waals surface area contributed by atoms with Crippen molar-refractivity contribution in [3.63, 3.8) is 0 Å². The Hall–Kier alpha value is -1.29. The number of hydrogen-bond acceptors (Lipinski definition) is 3. The Labute approximate surface area is 106 Å². The first-order valence-corrected chi connectivity index (χ1v) is 6.04. The van der Waals surface area contributed by atoms with E-state index in [9.17, 15) is 10.1 Å². The van der Waals surface area contributed by atoms with Gasteiger partial charge < -0.3 is 5.32 Å². The zero-order valence-corrected chi connectivity index (χ0v) is 11.0. The second kappa shape index (κ2) is 5.87. The molecule has 2 atom stereocenters. The molecule has 0 saturated heterocycles. The standard InChI is InChI=1S/C12H17ClN2O2/c1-4-8(2)9(3)14-10-5-6-12(15(16)17)11(13)7-10/h5-9,14H,4H2,1-3H3. The molecule has 4 nitrogen and oxygen atoms in total. The first-order chi connectivity index (χ1) is 7.95. The topological polar surface area (TPSA) is 55.2 Å². The molecule has 1 aromatic rings. The maximum Gasteiger partial charge on any atom is 0.288 e. The number of anilines is 1.